The van der Waals surface area contributed by atoms with Crippen LogP contribution in [0.3, 0.4) is 0 Å². The average molecular weight is 821 g/mol. The molecule has 0 aromatic rings. The highest BCUT2D eigenvalue weighted by Gasteiger charge is 2.44. The van der Waals surface area contributed by atoms with Gasteiger partial charge in [0.2, 0.25) is 0 Å². The van der Waals surface area contributed by atoms with Crippen LogP contribution in [0.5, 0.6) is 0 Å². The molecule has 4 nitrogen and oxygen atoms in total. The fourth-order valence-electron chi connectivity index (χ4n) is 9.46. The molecule has 0 aromatic carbocycles. The van der Waals surface area contributed by atoms with Gasteiger partial charge in [0.1, 0.15) is 0 Å². The van der Waals surface area contributed by atoms with E-state index in [2.05, 4.69) is 25.7 Å². The van der Waals surface area contributed by atoms with Crippen molar-refractivity contribution >= 4 is 5.97 Å². The molecule has 0 heterocycles. The summed E-state index contributed by atoms with van der Waals surface area (Å²) >= 11 is 0. The fourth-order valence-corrected chi connectivity index (χ4v) is 9.46. The Morgan fingerprint density at radius 1 is 0.345 bits per heavy atom. The van der Waals surface area contributed by atoms with E-state index in [1.54, 1.807) is 0 Å². The molecule has 2 unspecified atom stereocenters. The first-order valence-corrected chi connectivity index (χ1v) is 27.1. The maximum atomic E-state index is 13.1. The van der Waals surface area contributed by atoms with Crippen molar-refractivity contribution in [3.63, 3.8) is 0 Å². The maximum Gasteiger partial charge on any atom is 0.373 e. The van der Waals surface area contributed by atoms with Crippen LogP contribution in [0.25, 0.3) is 0 Å². The molecule has 0 spiro atoms. The van der Waals surface area contributed by atoms with Crippen LogP contribution >= 0.6 is 0 Å². The van der Waals surface area contributed by atoms with Crippen molar-refractivity contribution in [3.05, 3.63) is 0 Å². The Morgan fingerprint density at radius 2 is 0.534 bits per heavy atom. The summed E-state index contributed by atoms with van der Waals surface area (Å²) < 4.78 is 0. The van der Waals surface area contributed by atoms with Gasteiger partial charge < -0.3 is 5.11 Å². The molecule has 0 aliphatic rings. The lowest BCUT2D eigenvalue weighted by molar-refractivity contribution is -0.257. The van der Waals surface area contributed by atoms with E-state index in [0.29, 0.717) is 6.42 Å². The van der Waals surface area contributed by atoms with Crippen molar-refractivity contribution in [1.82, 2.24) is 0 Å². The molecule has 0 saturated carbocycles. The lowest BCUT2D eigenvalue weighted by Crippen LogP contribution is -2.47. The third kappa shape index (κ3) is 38.3. The molecule has 0 radical (unpaired) electrons. The Bertz CT molecular complexity index is 785. The van der Waals surface area contributed by atoms with Crippen LogP contribution in [0.15, 0.2) is 0 Å². The molecule has 0 aromatic heterocycles. The number of rotatable bonds is 50. The van der Waals surface area contributed by atoms with Crippen LogP contribution < -0.4 is 0 Å². The SMILES string of the molecule is CCCCCCCCCCCCCCCCCCC(CCCCCCCCCCCCCCC)C(O)(CCCCCCCCCCCCCCCCCC)C(=O)OO. The number of hydrogen-bond donors (Lipinski definition) is 2. The van der Waals surface area contributed by atoms with E-state index >= 15 is 0 Å². The van der Waals surface area contributed by atoms with Crippen LogP contribution in [-0.4, -0.2) is 21.9 Å². The predicted octanol–water partition coefficient (Wildman–Crippen LogP) is 19.1. The van der Waals surface area contributed by atoms with Crippen molar-refractivity contribution in [2.45, 2.75) is 335 Å². The second-order valence-corrected chi connectivity index (χ2v) is 19.2. The Hall–Kier alpha value is -0.610. The van der Waals surface area contributed by atoms with Crippen molar-refractivity contribution in [2.24, 2.45) is 5.92 Å². The van der Waals surface area contributed by atoms with Crippen molar-refractivity contribution in [3.8, 4) is 0 Å². The molecule has 0 bridgehead atoms. The third-order valence-electron chi connectivity index (χ3n) is 13.6. The number of hydrogen-bond acceptors (Lipinski definition) is 4. The first kappa shape index (κ1) is 57.4. The highest BCUT2D eigenvalue weighted by atomic mass is 17.1. The van der Waals surface area contributed by atoms with E-state index in [9.17, 15) is 15.2 Å². The van der Waals surface area contributed by atoms with Gasteiger partial charge in [0.15, 0.2) is 5.60 Å². The van der Waals surface area contributed by atoms with E-state index in [0.717, 1.165) is 57.8 Å². The fraction of sp³-hybridized carbons (Fsp3) is 0.981. The normalized spacial score (nSPS) is 13.3. The Labute approximate surface area is 365 Å². The van der Waals surface area contributed by atoms with Crippen LogP contribution in [0.2, 0.25) is 0 Å². The van der Waals surface area contributed by atoms with Crippen LogP contribution in [0.4, 0.5) is 0 Å². The lowest BCUT2D eigenvalue weighted by Gasteiger charge is -2.33. The first-order chi connectivity index (χ1) is 28.6. The molecule has 0 amide bonds. The molecule has 348 valence electrons. The Balaban J connectivity index is 4.54. The Morgan fingerprint density at radius 3 is 0.741 bits per heavy atom. The first-order valence-electron chi connectivity index (χ1n) is 27.1. The third-order valence-corrected chi connectivity index (χ3v) is 13.6. The van der Waals surface area contributed by atoms with Crippen LogP contribution in [-0.2, 0) is 9.68 Å². The summed E-state index contributed by atoms with van der Waals surface area (Å²) in [6.07, 6.45) is 61.5. The van der Waals surface area contributed by atoms with E-state index in [-0.39, 0.29) is 5.92 Å². The smallest absolute Gasteiger partial charge is 0.373 e. The standard InChI is InChI=1S/C54H108O4/c1-4-7-10-13-16-19-22-25-27-29-32-35-38-41-44-47-50-52(49-46-43-40-37-34-31-24-21-18-15-12-9-6-3)54(56,53(55)58-57)51-48-45-42-39-36-33-30-28-26-23-20-17-14-11-8-5-2/h52,56-57H,4-51H2,1-3H3. The van der Waals surface area contributed by atoms with Gasteiger partial charge >= 0.3 is 5.97 Å². The minimum atomic E-state index is -1.57. The summed E-state index contributed by atoms with van der Waals surface area (Å²) in [6.45, 7) is 6.87. The number of carbonyl (C=O) groups is 1. The molecular weight excluding hydrogens is 713 g/mol. The highest BCUT2D eigenvalue weighted by molar-refractivity contribution is 5.79. The summed E-state index contributed by atoms with van der Waals surface area (Å²) in [4.78, 5) is 17.4. The van der Waals surface area contributed by atoms with E-state index in [4.69, 9.17) is 0 Å². The Kier molecular flexibility index (Phi) is 46.9. The quantitative estimate of drug-likeness (QED) is 0.0364. The number of carbonyl (C=O) groups excluding carboxylic acids is 1. The summed E-state index contributed by atoms with van der Waals surface area (Å²) in [5.41, 5.74) is -1.57. The second kappa shape index (κ2) is 47.4. The van der Waals surface area contributed by atoms with E-state index < -0.39 is 11.6 Å². The molecule has 2 atom stereocenters. The largest absolute Gasteiger partial charge is 0.378 e. The summed E-state index contributed by atoms with van der Waals surface area (Å²) in [5.74, 6) is -0.951. The molecule has 0 aliphatic carbocycles. The van der Waals surface area contributed by atoms with Gasteiger partial charge in [0.05, 0.1) is 0 Å². The lowest BCUT2D eigenvalue weighted by atomic mass is 9.77. The zero-order valence-corrected chi connectivity index (χ0v) is 40.2. The van der Waals surface area contributed by atoms with E-state index in [1.165, 1.54) is 244 Å². The van der Waals surface area contributed by atoms with Crippen molar-refractivity contribution in [2.75, 3.05) is 0 Å². The van der Waals surface area contributed by atoms with Gasteiger partial charge in [-0.15, -0.1) is 0 Å². The predicted molar refractivity (Wildman–Crippen MR) is 256 cm³/mol. The zero-order chi connectivity index (χ0) is 42.3. The van der Waals surface area contributed by atoms with Gasteiger partial charge in [-0.1, -0.05) is 303 Å². The molecule has 4 heteroatoms. The molecule has 0 rings (SSSR count). The molecule has 58 heavy (non-hydrogen) atoms. The van der Waals surface area contributed by atoms with Gasteiger partial charge in [0, 0.05) is 0 Å². The molecule has 0 aliphatic heterocycles. The van der Waals surface area contributed by atoms with Gasteiger partial charge in [-0.2, -0.15) is 5.26 Å². The van der Waals surface area contributed by atoms with E-state index in [1.807, 2.05) is 0 Å². The molecular formula is C54H108O4. The van der Waals surface area contributed by atoms with Gasteiger partial charge in [-0.05, 0) is 31.6 Å². The highest BCUT2D eigenvalue weighted by Crippen LogP contribution is 2.35. The second-order valence-electron chi connectivity index (χ2n) is 19.2. The molecule has 2 N–H and O–H groups in total. The summed E-state index contributed by atoms with van der Waals surface area (Å²) in [5, 5.41) is 21.5. The van der Waals surface area contributed by atoms with Gasteiger partial charge in [-0.3, -0.25) is 4.89 Å². The minimum absolute atomic E-state index is 0.136. The van der Waals surface area contributed by atoms with Crippen LogP contribution in [0.1, 0.15) is 329 Å². The minimum Gasteiger partial charge on any atom is -0.378 e. The van der Waals surface area contributed by atoms with Gasteiger partial charge in [0.25, 0.3) is 0 Å². The zero-order valence-electron chi connectivity index (χ0n) is 40.2. The number of unbranched alkanes of at least 4 members (excludes halogenated alkanes) is 42. The van der Waals surface area contributed by atoms with Crippen molar-refractivity contribution < 1.29 is 20.0 Å². The maximum absolute atomic E-state index is 13.1. The monoisotopic (exact) mass is 821 g/mol. The summed E-state index contributed by atoms with van der Waals surface area (Å²) in [7, 11) is 0. The molecule has 0 saturated heterocycles. The summed E-state index contributed by atoms with van der Waals surface area (Å²) in [6, 6.07) is 0. The molecule has 0 fully saturated rings. The topological polar surface area (TPSA) is 66.8 Å². The van der Waals surface area contributed by atoms with Crippen LogP contribution in [0, 0.1) is 5.92 Å². The van der Waals surface area contributed by atoms with Crippen molar-refractivity contribution in [1.29, 1.82) is 0 Å². The average Bonchev–Trinajstić information content (AvgIpc) is 3.23. The number of aliphatic hydroxyl groups is 1. The van der Waals surface area contributed by atoms with Gasteiger partial charge in [-0.25, -0.2) is 4.79 Å².